The molecule has 0 aromatic heterocycles. The molecule has 0 fully saturated rings. The topological polar surface area (TPSA) is 20.2 Å². The van der Waals surface area contributed by atoms with Crippen LogP contribution in [0.1, 0.15) is 11.7 Å². The smallest absolute Gasteiger partial charge is 0.103 e. The molecule has 1 nitrogen and oxygen atoms in total. The molecule has 0 radical (unpaired) electrons. The maximum atomic E-state index is 10.5. The van der Waals surface area contributed by atoms with E-state index in [4.69, 9.17) is 0 Å². The van der Waals surface area contributed by atoms with Gasteiger partial charge < -0.3 is 5.11 Å². The first-order valence-corrected chi connectivity index (χ1v) is 11.1. The summed E-state index contributed by atoms with van der Waals surface area (Å²) in [6, 6.07) is 24.9. The van der Waals surface area contributed by atoms with E-state index in [-0.39, 0.29) is 0 Å². The van der Waals surface area contributed by atoms with Gasteiger partial charge in [-0.2, -0.15) is 0 Å². The molecule has 0 aliphatic heterocycles. The third-order valence-corrected chi connectivity index (χ3v) is 7.18. The molecule has 3 aromatic carbocycles. The van der Waals surface area contributed by atoms with E-state index in [9.17, 15) is 5.11 Å². The fourth-order valence-corrected chi connectivity index (χ4v) is 4.71. The molecule has 1 atom stereocenters. The monoisotopic (exact) mass is 318 g/mol. The lowest BCUT2D eigenvalue weighted by molar-refractivity contribution is 0.229. The Kier molecular flexibility index (Phi) is 4.46. The van der Waals surface area contributed by atoms with Crippen molar-refractivity contribution in [1.29, 1.82) is 0 Å². The van der Waals surface area contributed by atoms with Crippen LogP contribution in [0.5, 0.6) is 0 Å². The van der Waals surface area contributed by atoms with Crippen molar-refractivity contribution in [3.63, 3.8) is 0 Å². The van der Waals surface area contributed by atoms with Crippen LogP contribution in [0.15, 0.2) is 84.6 Å². The molecular formula is C21H22OSi. The van der Waals surface area contributed by atoms with Crippen molar-refractivity contribution >= 4 is 24.0 Å². The van der Waals surface area contributed by atoms with Crippen molar-refractivity contribution in [3.8, 4) is 0 Å². The average molecular weight is 318 g/mol. The van der Waals surface area contributed by atoms with Crippen LogP contribution in [-0.4, -0.2) is 13.2 Å². The quantitative estimate of drug-likeness (QED) is 0.698. The van der Waals surface area contributed by atoms with Gasteiger partial charge in [-0.1, -0.05) is 96.8 Å². The summed E-state index contributed by atoms with van der Waals surface area (Å²) in [6.45, 7) is 4.60. The lowest BCUT2D eigenvalue weighted by atomic mass is 10.0. The Hall–Kier alpha value is -2.16. The zero-order valence-corrected chi connectivity index (χ0v) is 14.6. The zero-order valence-electron chi connectivity index (χ0n) is 13.6. The number of hydrogen-bond acceptors (Lipinski definition) is 1. The summed E-state index contributed by atoms with van der Waals surface area (Å²) in [5, 5.41) is 14.3. The van der Waals surface area contributed by atoms with Gasteiger partial charge in [0.25, 0.3) is 0 Å². The van der Waals surface area contributed by atoms with Crippen molar-refractivity contribution in [2.24, 2.45) is 0 Å². The first-order valence-electron chi connectivity index (χ1n) is 7.98. The largest absolute Gasteiger partial charge is 0.384 e. The van der Waals surface area contributed by atoms with Crippen LogP contribution in [0.25, 0.3) is 10.8 Å². The number of hydrogen-bond donors (Lipinski definition) is 1. The molecule has 1 N–H and O–H groups in total. The summed E-state index contributed by atoms with van der Waals surface area (Å²) in [6.07, 6.45) is 1.39. The van der Waals surface area contributed by atoms with E-state index in [1.165, 1.54) is 10.6 Å². The Balaban J connectivity index is 1.83. The Morgan fingerprint density at radius 3 is 2.22 bits per heavy atom. The van der Waals surface area contributed by atoms with E-state index >= 15 is 0 Å². The number of rotatable bonds is 4. The molecule has 0 bridgehead atoms. The van der Waals surface area contributed by atoms with Crippen LogP contribution >= 0.6 is 0 Å². The lowest BCUT2D eigenvalue weighted by Gasteiger charge is -2.19. The third-order valence-electron chi connectivity index (χ3n) is 4.33. The summed E-state index contributed by atoms with van der Waals surface area (Å²) in [4.78, 5) is 0. The molecule has 0 heterocycles. The molecule has 0 aliphatic carbocycles. The fourth-order valence-electron chi connectivity index (χ4n) is 2.80. The zero-order chi connectivity index (χ0) is 16.3. The Labute approximate surface area is 138 Å². The minimum Gasteiger partial charge on any atom is -0.384 e. The number of aliphatic hydroxyl groups excluding tert-OH is 1. The van der Waals surface area contributed by atoms with Gasteiger partial charge in [0.2, 0.25) is 0 Å². The predicted molar refractivity (Wildman–Crippen MR) is 102 cm³/mol. The van der Waals surface area contributed by atoms with Crippen molar-refractivity contribution in [3.05, 3.63) is 90.1 Å². The van der Waals surface area contributed by atoms with Crippen LogP contribution in [0.4, 0.5) is 0 Å². The van der Waals surface area contributed by atoms with E-state index in [0.717, 1.165) is 10.9 Å². The maximum Gasteiger partial charge on any atom is 0.103 e. The molecule has 0 saturated carbocycles. The van der Waals surface area contributed by atoms with Crippen LogP contribution in [-0.2, 0) is 0 Å². The lowest BCUT2D eigenvalue weighted by Crippen LogP contribution is -2.39. The Morgan fingerprint density at radius 1 is 0.826 bits per heavy atom. The number of fused-ring (bicyclic) bond motifs is 1. The molecule has 2 heteroatoms. The first-order chi connectivity index (χ1) is 11.1. The second kappa shape index (κ2) is 6.53. The van der Waals surface area contributed by atoms with Gasteiger partial charge in [-0.3, -0.25) is 0 Å². The molecule has 0 saturated heterocycles. The van der Waals surface area contributed by atoms with Gasteiger partial charge in [0.1, 0.15) is 8.07 Å². The van der Waals surface area contributed by atoms with Crippen molar-refractivity contribution < 1.29 is 5.11 Å². The molecule has 3 rings (SSSR count). The average Bonchev–Trinajstić information content (AvgIpc) is 2.60. The summed E-state index contributed by atoms with van der Waals surface area (Å²) >= 11 is 0. The summed E-state index contributed by atoms with van der Waals surface area (Å²) < 4.78 is 0. The van der Waals surface area contributed by atoms with E-state index in [0.29, 0.717) is 0 Å². The highest BCUT2D eigenvalue weighted by Gasteiger charge is 2.19. The summed E-state index contributed by atoms with van der Waals surface area (Å²) in [5.74, 6) is 0. The second-order valence-electron chi connectivity index (χ2n) is 6.50. The second-order valence-corrected chi connectivity index (χ2v) is 10.9. The Morgan fingerprint density at radius 2 is 1.48 bits per heavy atom. The molecule has 3 aromatic rings. The minimum absolute atomic E-state index is 0.560. The van der Waals surface area contributed by atoms with Crippen molar-refractivity contribution in [1.82, 2.24) is 0 Å². The van der Waals surface area contributed by atoms with Crippen molar-refractivity contribution in [2.75, 3.05) is 0 Å². The molecule has 1 unspecified atom stereocenters. The highest BCUT2D eigenvalue weighted by molar-refractivity contribution is 6.93. The van der Waals surface area contributed by atoms with Gasteiger partial charge in [-0.05, 0) is 22.4 Å². The van der Waals surface area contributed by atoms with Gasteiger partial charge in [-0.25, -0.2) is 0 Å². The summed E-state index contributed by atoms with van der Waals surface area (Å²) in [7, 11) is -1.67. The van der Waals surface area contributed by atoms with Gasteiger partial charge in [-0.15, -0.1) is 0 Å². The van der Waals surface area contributed by atoms with E-state index in [2.05, 4.69) is 67.3 Å². The van der Waals surface area contributed by atoms with Gasteiger partial charge in [0.15, 0.2) is 0 Å². The molecule has 0 spiro atoms. The van der Waals surface area contributed by atoms with Crippen molar-refractivity contribution in [2.45, 2.75) is 19.2 Å². The van der Waals surface area contributed by atoms with E-state index in [1.807, 2.05) is 30.3 Å². The normalized spacial score (nSPS) is 13.5. The SMILES string of the molecule is C[Si](C)(/C=C/C(O)c1ccc2ccccc2c1)c1ccccc1. The minimum atomic E-state index is -1.67. The van der Waals surface area contributed by atoms with Crippen LogP contribution in [0.2, 0.25) is 13.1 Å². The number of benzene rings is 3. The summed E-state index contributed by atoms with van der Waals surface area (Å²) in [5.41, 5.74) is 3.17. The predicted octanol–water partition coefficient (Wildman–Crippen LogP) is 4.58. The molecular weight excluding hydrogens is 296 g/mol. The van der Waals surface area contributed by atoms with Gasteiger partial charge in [0.05, 0.1) is 6.10 Å². The third kappa shape index (κ3) is 3.61. The number of aliphatic hydroxyl groups is 1. The molecule has 23 heavy (non-hydrogen) atoms. The Bertz CT molecular complexity index is 821. The van der Waals surface area contributed by atoms with Crippen LogP contribution < -0.4 is 5.19 Å². The molecule has 0 amide bonds. The van der Waals surface area contributed by atoms with Crippen LogP contribution in [0.3, 0.4) is 0 Å². The van der Waals surface area contributed by atoms with Gasteiger partial charge in [0, 0.05) is 0 Å². The van der Waals surface area contributed by atoms with Gasteiger partial charge >= 0.3 is 0 Å². The van der Waals surface area contributed by atoms with E-state index < -0.39 is 14.2 Å². The van der Waals surface area contributed by atoms with Crippen LogP contribution in [0, 0.1) is 0 Å². The fraction of sp³-hybridized carbons (Fsp3) is 0.143. The highest BCUT2D eigenvalue weighted by atomic mass is 28.3. The standard InChI is InChI=1S/C21H22OSi/c1-23(2,20-10-4-3-5-11-20)15-14-21(22)19-13-12-17-8-6-7-9-18(17)16-19/h3-16,21-22H,1-2H3/b15-14+. The van der Waals surface area contributed by atoms with E-state index in [1.54, 1.807) is 0 Å². The first kappa shape index (κ1) is 15.7. The molecule has 116 valence electrons. The molecule has 0 aliphatic rings. The highest BCUT2D eigenvalue weighted by Crippen LogP contribution is 2.22. The maximum absolute atomic E-state index is 10.5.